The van der Waals surface area contributed by atoms with Gasteiger partial charge in [0.25, 0.3) is 0 Å². The van der Waals surface area contributed by atoms with Gasteiger partial charge < -0.3 is 15.0 Å². The van der Waals surface area contributed by atoms with Crippen molar-refractivity contribution in [2.75, 3.05) is 42.7 Å². The summed E-state index contributed by atoms with van der Waals surface area (Å²) < 4.78 is 29.5. The van der Waals surface area contributed by atoms with Crippen molar-refractivity contribution in [2.24, 2.45) is 5.92 Å². The van der Waals surface area contributed by atoms with Crippen molar-refractivity contribution in [1.29, 1.82) is 5.26 Å². The zero-order valence-electron chi connectivity index (χ0n) is 23.2. The van der Waals surface area contributed by atoms with E-state index >= 15 is 0 Å². The Morgan fingerprint density at radius 2 is 1.77 bits per heavy atom. The molecule has 10 heteroatoms. The molecule has 6 rings (SSSR count). The molecule has 4 aliphatic rings. The number of carbonyl (C=O) groups is 1. The van der Waals surface area contributed by atoms with Crippen LogP contribution in [-0.4, -0.2) is 62.7 Å². The van der Waals surface area contributed by atoms with E-state index in [0.717, 1.165) is 91.4 Å². The molecule has 2 saturated carbocycles. The lowest BCUT2D eigenvalue weighted by Gasteiger charge is -2.32. The summed E-state index contributed by atoms with van der Waals surface area (Å²) in [5.41, 5.74) is 2.41. The number of anilines is 1. The van der Waals surface area contributed by atoms with Crippen molar-refractivity contribution in [1.82, 2.24) is 10.3 Å². The highest BCUT2D eigenvalue weighted by molar-refractivity contribution is 7.91. The van der Waals surface area contributed by atoms with Gasteiger partial charge in [-0.05, 0) is 56.2 Å². The molecule has 0 radical (unpaired) electrons. The maximum Gasteiger partial charge on any atom is 0.225 e. The van der Waals surface area contributed by atoms with Crippen LogP contribution in [0.3, 0.4) is 0 Å². The maximum atomic E-state index is 13.5. The number of hydrogen-bond donors (Lipinski definition) is 1. The second-order valence-corrected chi connectivity index (χ2v) is 15.6. The maximum absolute atomic E-state index is 13.5. The molecule has 214 valence electrons. The predicted molar refractivity (Wildman–Crippen MR) is 156 cm³/mol. The van der Waals surface area contributed by atoms with Crippen LogP contribution in [0.4, 0.5) is 5.69 Å². The SMILES string of the molecule is CC1(c2nc(C3CCCCC3C(=O)NC3(C#N)CC3)c(-c3ccc(N4CCS(=O)(=O)CC4)cc3)s2)CCOCC1. The van der Waals surface area contributed by atoms with Crippen LogP contribution < -0.4 is 10.2 Å². The fourth-order valence-corrected chi connectivity index (χ4v) is 8.91. The molecule has 2 aromatic rings. The van der Waals surface area contributed by atoms with Crippen LogP contribution in [0.5, 0.6) is 0 Å². The fourth-order valence-electron chi connectivity index (χ4n) is 6.37. The molecule has 2 aliphatic heterocycles. The van der Waals surface area contributed by atoms with E-state index in [1.807, 2.05) is 0 Å². The number of hydrogen-bond acceptors (Lipinski definition) is 8. The average Bonchev–Trinajstić information content (AvgIpc) is 3.59. The van der Waals surface area contributed by atoms with E-state index < -0.39 is 15.4 Å². The number of ether oxygens (including phenoxy) is 1. The van der Waals surface area contributed by atoms with Gasteiger partial charge in [-0.3, -0.25) is 4.79 Å². The van der Waals surface area contributed by atoms with Crippen molar-refractivity contribution in [3.8, 4) is 16.5 Å². The Morgan fingerprint density at radius 3 is 2.42 bits per heavy atom. The highest BCUT2D eigenvalue weighted by Crippen LogP contribution is 2.48. The van der Waals surface area contributed by atoms with Crippen LogP contribution in [0, 0.1) is 17.2 Å². The summed E-state index contributed by atoms with van der Waals surface area (Å²) in [5, 5.41) is 13.8. The van der Waals surface area contributed by atoms with E-state index in [2.05, 4.69) is 47.5 Å². The summed E-state index contributed by atoms with van der Waals surface area (Å²) in [6.07, 6.45) is 7.11. The number of nitriles is 1. The van der Waals surface area contributed by atoms with Gasteiger partial charge >= 0.3 is 0 Å². The molecule has 3 heterocycles. The number of amides is 1. The topological polar surface area (TPSA) is 112 Å². The number of thiazole rings is 1. The van der Waals surface area contributed by atoms with Gasteiger partial charge in [0.1, 0.15) is 5.54 Å². The van der Waals surface area contributed by atoms with E-state index in [9.17, 15) is 18.5 Å². The molecule has 0 spiro atoms. The van der Waals surface area contributed by atoms with Gasteiger partial charge in [0, 0.05) is 49.2 Å². The Balaban J connectivity index is 1.33. The smallest absolute Gasteiger partial charge is 0.225 e. The van der Waals surface area contributed by atoms with Crippen molar-refractivity contribution in [3.63, 3.8) is 0 Å². The predicted octanol–water partition coefficient (Wildman–Crippen LogP) is 4.56. The van der Waals surface area contributed by atoms with E-state index in [1.54, 1.807) is 11.3 Å². The monoisotopic (exact) mass is 582 g/mol. The highest BCUT2D eigenvalue weighted by Gasteiger charge is 2.47. The number of nitrogens with one attached hydrogen (secondary N) is 1. The first-order valence-electron chi connectivity index (χ1n) is 14.6. The molecule has 1 amide bonds. The van der Waals surface area contributed by atoms with Gasteiger partial charge in [-0.25, -0.2) is 13.4 Å². The molecule has 1 aromatic heterocycles. The number of rotatable bonds is 6. The summed E-state index contributed by atoms with van der Waals surface area (Å²) in [4.78, 5) is 22.1. The molecular weight excluding hydrogens is 544 g/mol. The molecule has 1 aromatic carbocycles. The lowest BCUT2D eigenvalue weighted by atomic mass is 9.76. The van der Waals surface area contributed by atoms with Gasteiger partial charge in [-0.1, -0.05) is 31.9 Å². The molecule has 4 fully saturated rings. The third-order valence-electron chi connectivity index (χ3n) is 9.39. The molecule has 0 bridgehead atoms. The normalized spacial score (nSPS) is 26.9. The van der Waals surface area contributed by atoms with Gasteiger partial charge in [0.15, 0.2) is 9.84 Å². The summed E-state index contributed by atoms with van der Waals surface area (Å²) in [5.74, 6) is 0.204. The first-order valence-corrected chi connectivity index (χ1v) is 17.2. The lowest BCUT2D eigenvalue weighted by molar-refractivity contribution is -0.127. The molecule has 2 aliphatic carbocycles. The molecular formula is C30H38N4O4S2. The highest BCUT2D eigenvalue weighted by atomic mass is 32.2. The van der Waals surface area contributed by atoms with Gasteiger partial charge in [-0.15, -0.1) is 11.3 Å². The van der Waals surface area contributed by atoms with Gasteiger partial charge in [0.05, 0.1) is 33.2 Å². The minimum Gasteiger partial charge on any atom is -0.381 e. The lowest BCUT2D eigenvalue weighted by Crippen LogP contribution is -2.42. The van der Waals surface area contributed by atoms with Crippen LogP contribution in [0.25, 0.3) is 10.4 Å². The standard InChI is InChI=1S/C30H38N4O4S2/c1-29(12-16-38-17-13-29)28-32-25(23-4-2-3-5-24(23)27(35)33-30(20-31)10-11-30)26(39-28)21-6-8-22(9-7-21)34-14-18-40(36,37)19-15-34/h6-9,23-24H,2-5,10-19H2,1H3,(H,33,35). The van der Waals surface area contributed by atoms with E-state index in [4.69, 9.17) is 9.72 Å². The van der Waals surface area contributed by atoms with E-state index in [0.29, 0.717) is 13.1 Å². The minimum absolute atomic E-state index is 0.00285. The molecule has 1 N–H and O–H groups in total. The Hall–Kier alpha value is -2.48. The van der Waals surface area contributed by atoms with Crippen molar-refractivity contribution < 1.29 is 17.9 Å². The number of benzene rings is 1. The van der Waals surface area contributed by atoms with Gasteiger partial charge in [-0.2, -0.15) is 5.26 Å². The molecule has 2 atom stereocenters. The first kappa shape index (κ1) is 27.7. The fraction of sp³-hybridized carbons (Fsp3) is 0.633. The quantitative estimate of drug-likeness (QED) is 0.531. The molecule has 40 heavy (non-hydrogen) atoms. The number of nitrogens with zero attached hydrogens (tertiary/aromatic N) is 3. The van der Waals surface area contributed by atoms with Crippen LogP contribution in [0.15, 0.2) is 24.3 Å². The van der Waals surface area contributed by atoms with E-state index in [1.165, 1.54) is 0 Å². The first-order chi connectivity index (χ1) is 19.2. The van der Waals surface area contributed by atoms with Crippen molar-refractivity contribution >= 4 is 32.8 Å². The van der Waals surface area contributed by atoms with Crippen molar-refractivity contribution in [2.45, 2.75) is 75.2 Å². The van der Waals surface area contributed by atoms with Crippen LogP contribution in [0.1, 0.15) is 74.9 Å². The van der Waals surface area contributed by atoms with Crippen LogP contribution in [0.2, 0.25) is 0 Å². The third-order valence-corrected chi connectivity index (χ3v) is 12.4. The number of carbonyl (C=O) groups excluding carboxylic acids is 1. The Labute approximate surface area is 241 Å². The third kappa shape index (κ3) is 5.53. The number of sulfone groups is 1. The van der Waals surface area contributed by atoms with Gasteiger partial charge in [0.2, 0.25) is 5.91 Å². The second-order valence-electron chi connectivity index (χ2n) is 12.3. The number of aromatic nitrogens is 1. The largest absolute Gasteiger partial charge is 0.381 e. The summed E-state index contributed by atoms with van der Waals surface area (Å²) >= 11 is 1.75. The second kappa shape index (κ2) is 10.7. The zero-order chi connectivity index (χ0) is 28.0. The van der Waals surface area contributed by atoms with E-state index in [-0.39, 0.29) is 34.7 Å². The summed E-state index contributed by atoms with van der Waals surface area (Å²) in [7, 11) is -2.94. The Kier molecular flexibility index (Phi) is 7.43. The average molecular weight is 583 g/mol. The molecule has 2 saturated heterocycles. The van der Waals surface area contributed by atoms with Crippen LogP contribution in [-0.2, 0) is 24.8 Å². The zero-order valence-corrected chi connectivity index (χ0v) is 24.8. The minimum atomic E-state index is -2.94. The summed E-state index contributed by atoms with van der Waals surface area (Å²) in [6.45, 7) is 4.77. The Bertz CT molecular complexity index is 1390. The molecule has 8 nitrogen and oxygen atoms in total. The van der Waals surface area contributed by atoms with Crippen LogP contribution >= 0.6 is 11.3 Å². The molecule has 2 unspecified atom stereocenters. The Morgan fingerprint density at radius 1 is 1.10 bits per heavy atom. The van der Waals surface area contributed by atoms with Crippen molar-refractivity contribution in [3.05, 3.63) is 35.0 Å². The summed E-state index contributed by atoms with van der Waals surface area (Å²) in [6, 6.07) is 10.7.